The summed E-state index contributed by atoms with van der Waals surface area (Å²) in [6, 6.07) is 1.21. The van der Waals surface area contributed by atoms with Crippen molar-refractivity contribution in [2.45, 2.75) is 50.7 Å². The molecule has 0 unspecified atom stereocenters. The van der Waals surface area contributed by atoms with E-state index in [1.807, 2.05) is 24.5 Å². The van der Waals surface area contributed by atoms with Crippen LogP contribution in [0, 0.1) is 0 Å². The second kappa shape index (κ2) is 6.55. The van der Waals surface area contributed by atoms with Gasteiger partial charge in [0.15, 0.2) is 0 Å². The Morgan fingerprint density at radius 1 is 1.28 bits per heavy atom. The lowest BCUT2D eigenvalue weighted by molar-refractivity contribution is 0.0747. The zero-order valence-corrected chi connectivity index (χ0v) is 11.0. The maximum absolute atomic E-state index is 4.35. The second-order valence-electron chi connectivity index (χ2n) is 5.00. The molecule has 2 heterocycles. The lowest BCUT2D eigenvalue weighted by Gasteiger charge is -2.41. The molecule has 2 rings (SSSR count). The number of nitrogens with one attached hydrogen (secondary N) is 1. The van der Waals surface area contributed by atoms with Crippen LogP contribution in [-0.2, 0) is 6.54 Å². The van der Waals surface area contributed by atoms with Crippen LogP contribution < -0.4 is 0 Å². The molecule has 1 aliphatic rings. The van der Waals surface area contributed by atoms with Gasteiger partial charge in [-0.1, -0.05) is 18.6 Å². The molecule has 18 heavy (non-hydrogen) atoms. The highest BCUT2D eigenvalue weighted by Crippen LogP contribution is 2.28. The number of H-pyrrole nitrogens is 1. The van der Waals surface area contributed by atoms with Gasteiger partial charge in [-0.3, -0.25) is 4.90 Å². The van der Waals surface area contributed by atoms with Crippen LogP contribution in [0.2, 0.25) is 0 Å². The molecule has 0 amide bonds. The van der Waals surface area contributed by atoms with Gasteiger partial charge in [-0.15, -0.1) is 13.2 Å². The van der Waals surface area contributed by atoms with Crippen LogP contribution in [-0.4, -0.2) is 27.0 Å². The summed E-state index contributed by atoms with van der Waals surface area (Å²) in [5.74, 6) is 1.06. The Morgan fingerprint density at radius 2 is 1.94 bits per heavy atom. The Morgan fingerprint density at radius 3 is 2.44 bits per heavy atom. The molecule has 1 aromatic heterocycles. The van der Waals surface area contributed by atoms with Crippen LogP contribution in [0.4, 0.5) is 0 Å². The topological polar surface area (TPSA) is 31.9 Å². The standard InChI is InChI=1S/C15H23N3/c1-3-6-13-8-5-9-14(7-4-2)18(13)12-15-16-10-11-17-15/h3-4,10-11,13-14H,1-2,5-9,12H2,(H,16,17)/t13-,14-/m1/s1. The number of nitrogens with zero attached hydrogens (tertiary/aromatic N) is 2. The van der Waals surface area contributed by atoms with Gasteiger partial charge in [0.25, 0.3) is 0 Å². The zero-order chi connectivity index (χ0) is 12.8. The van der Waals surface area contributed by atoms with Crippen molar-refractivity contribution in [2.75, 3.05) is 0 Å². The highest BCUT2D eigenvalue weighted by Gasteiger charge is 2.29. The van der Waals surface area contributed by atoms with E-state index < -0.39 is 0 Å². The van der Waals surface area contributed by atoms with Crippen molar-refractivity contribution in [1.82, 2.24) is 14.9 Å². The number of aromatic nitrogens is 2. The molecule has 1 fully saturated rings. The summed E-state index contributed by atoms with van der Waals surface area (Å²) in [4.78, 5) is 10.1. The maximum Gasteiger partial charge on any atom is 0.120 e. The van der Waals surface area contributed by atoms with Crippen molar-refractivity contribution < 1.29 is 0 Å². The third kappa shape index (κ3) is 3.10. The van der Waals surface area contributed by atoms with E-state index in [2.05, 4.69) is 28.0 Å². The molecular formula is C15H23N3. The minimum absolute atomic E-state index is 0.603. The summed E-state index contributed by atoms with van der Waals surface area (Å²) in [7, 11) is 0. The molecule has 0 radical (unpaired) electrons. The SMILES string of the molecule is C=CC[C@@H]1CCC[C@@H](CC=C)N1Cc1ncc[nH]1. The van der Waals surface area contributed by atoms with E-state index in [9.17, 15) is 0 Å². The van der Waals surface area contributed by atoms with Crippen molar-refractivity contribution in [3.63, 3.8) is 0 Å². The Kier molecular flexibility index (Phi) is 4.76. The molecular weight excluding hydrogens is 222 g/mol. The quantitative estimate of drug-likeness (QED) is 0.780. The van der Waals surface area contributed by atoms with Crippen molar-refractivity contribution in [1.29, 1.82) is 0 Å². The highest BCUT2D eigenvalue weighted by atomic mass is 15.2. The van der Waals surface area contributed by atoms with E-state index in [0.29, 0.717) is 12.1 Å². The molecule has 2 atom stereocenters. The van der Waals surface area contributed by atoms with Gasteiger partial charge in [0.1, 0.15) is 5.82 Å². The van der Waals surface area contributed by atoms with Gasteiger partial charge in [-0.25, -0.2) is 4.98 Å². The minimum atomic E-state index is 0.603. The van der Waals surface area contributed by atoms with Gasteiger partial charge < -0.3 is 4.98 Å². The number of rotatable bonds is 6. The van der Waals surface area contributed by atoms with Crippen LogP contribution in [0.3, 0.4) is 0 Å². The number of hydrogen-bond donors (Lipinski definition) is 1. The molecule has 0 bridgehead atoms. The van der Waals surface area contributed by atoms with E-state index in [4.69, 9.17) is 0 Å². The third-order valence-electron chi connectivity index (χ3n) is 3.78. The summed E-state index contributed by atoms with van der Waals surface area (Å²) in [6.45, 7) is 8.68. The largest absolute Gasteiger partial charge is 0.348 e. The van der Waals surface area contributed by atoms with Crippen molar-refractivity contribution >= 4 is 0 Å². The van der Waals surface area contributed by atoms with Gasteiger partial charge in [-0.2, -0.15) is 0 Å². The number of piperidine rings is 1. The third-order valence-corrected chi connectivity index (χ3v) is 3.78. The molecule has 0 aromatic carbocycles. The van der Waals surface area contributed by atoms with Crippen LogP contribution in [0.25, 0.3) is 0 Å². The first-order valence-electron chi connectivity index (χ1n) is 6.81. The average Bonchev–Trinajstić information content (AvgIpc) is 2.87. The first kappa shape index (κ1) is 13.1. The molecule has 3 nitrogen and oxygen atoms in total. The maximum atomic E-state index is 4.35. The normalized spacial score (nSPS) is 24.9. The molecule has 98 valence electrons. The lowest BCUT2D eigenvalue weighted by atomic mass is 9.91. The molecule has 0 saturated carbocycles. The van der Waals surface area contributed by atoms with Gasteiger partial charge in [-0.05, 0) is 25.7 Å². The first-order valence-corrected chi connectivity index (χ1v) is 6.81. The molecule has 3 heteroatoms. The summed E-state index contributed by atoms with van der Waals surface area (Å²) < 4.78 is 0. The van der Waals surface area contributed by atoms with E-state index in [1.54, 1.807) is 0 Å². The summed E-state index contributed by atoms with van der Waals surface area (Å²) in [5.41, 5.74) is 0. The van der Waals surface area contributed by atoms with E-state index in [1.165, 1.54) is 19.3 Å². The summed E-state index contributed by atoms with van der Waals surface area (Å²) in [6.07, 6.45) is 13.8. The molecule has 1 N–H and O–H groups in total. The summed E-state index contributed by atoms with van der Waals surface area (Å²) >= 11 is 0. The Balaban J connectivity index is 2.09. The fourth-order valence-corrected chi connectivity index (χ4v) is 2.93. The summed E-state index contributed by atoms with van der Waals surface area (Å²) in [5, 5.41) is 0. The fraction of sp³-hybridized carbons (Fsp3) is 0.533. The Labute approximate surface area is 110 Å². The Hall–Kier alpha value is -1.35. The number of hydrogen-bond acceptors (Lipinski definition) is 2. The van der Waals surface area contributed by atoms with Crippen LogP contribution in [0.5, 0.6) is 0 Å². The molecule has 1 aromatic rings. The van der Waals surface area contributed by atoms with E-state index in [-0.39, 0.29) is 0 Å². The van der Waals surface area contributed by atoms with Gasteiger partial charge in [0.05, 0.1) is 6.54 Å². The zero-order valence-electron chi connectivity index (χ0n) is 11.0. The second-order valence-corrected chi connectivity index (χ2v) is 5.00. The predicted octanol–water partition coefficient (Wildman–Crippen LogP) is 3.29. The van der Waals surface area contributed by atoms with Crippen molar-refractivity contribution in [2.24, 2.45) is 0 Å². The number of likely N-dealkylation sites (tertiary alicyclic amines) is 1. The molecule has 0 aliphatic carbocycles. The Bertz CT molecular complexity index is 351. The number of aromatic amines is 1. The monoisotopic (exact) mass is 245 g/mol. The van der Waals surface area contributed by atoms with Crippen LogP contribution in [0.15, 0.2) is 37.7 Å². The van der Waals surface area contributed by atoms with Gasteiger partial charge >= 0.3 is 0 Å². The smallest absolute Gasteiger partial charge is 0.120 e. The molecule has 1 saturated heterocycles. The van der Waals surface area contributed by atoms with Crippen molar-refractivity contribution in [3.8, 4) is 0 Å². The van der Waals surface area contributed by atoms with E-state index >= 15 is 0 Å². The number of imidazole rings is 1. The average molecular weight is 245 g/mol. The van der Waals surface area contributed by atoms with Crippen LogP contribution in [0.1, 0.15) is 37.9 Å². The van der Waals surface area contributed by atoms with E-state index in [0.717, 1.165) is 25.2 Å². The lowest BCUT2D eigenvalue weighted by Crippen LogP contribution is -2.45. The highest BCUT2D eigenvalue weighted by molar-refractivity contribution is 4.95. The van der Waals surface area contributed by atoms with Gasteiger partial charge in [0.2, 0.25) is 0 Å². The molecule has 0 spiro atoms. The van der Waals surface area contributed by atoms with Gasteiger partial charge in [0, 0.05) is 24.5 Å². The first-order chi connectivity index (χ1) is 8.85. The minimum Gasteiger partial charge on any atom is -0.348 e. The van der Waals surface area contributed by atoms with Crippen LogP contribution >= 0.6 is 0 Å². The van der Waals surface area contributed by atoms with Crippen molar-refractivity contribution in [3.05, 3.63) is 43.5 Å². The predicted molar refractivity (Wildman–Crippen MR) is 75.2 cm³/mol. The molecule has 1 aliphatic heterocycles. The fourth-order valence-electron chi connectivity index (χ4n) is 2.93.